The molecule has 0 N–H and O–H groups in total. The van der Waals surface area contributed by atoms with Gasteiger partial charge in [0.2, 0.25) is 0 Å². The number of fused-ring (bicyclic) bond motifs is 1. The van der Waals surface area contributed by atoms with Crippen molar-refractivity contribution in [2.75, 3.05) is 0 Å². The molecule has 5 aromatic carbocycles. The summed E-state index contributed by atoms with van der Waals surface area (Å²) in [6.45, 7) is 0. The third-order valence-corrected chi connectivity index (χ3v) is 7.84. The van der Waals surface area contributed by atoms with E-state index in [4.69, 9.17) is 24.9 Å². The summed E-state index contributed by atoms with van der Waals surface area (Å²) in [5.74, 6) is 1.87. The maximum atomic E-state index is 5.10. The lowest BCUT2D eigenvalue weighted by Gasteiger charge is -2.12. The highest BCUT2D eigenvalue weighted by molar-refractivity contribution is 5.87. The summed E-state index contributed by atoms with van der Waals surface area (Å²) in [5, 5.41) is 0. The molecule has 8 aromatic rings. The predicted molar refractivity (Wildman–Crippen MR) is 183 cm³/mol. The molecular weight excluding hydrogens is 564 g/mol. The number of nitrogens with zero attached hydrogens (tertiary/aromatic N) is 6. The molecule has 3 heterocycles. The van der Waals surface area contributed by atoms with Gasteiger partial charge in [0.05, 0.1) is 22.4 Å². The lowest BCUT2D eigenvalue weighted by atomic mass is 10.00. The summed E-state index contributed by atoms with van der Waals surface area (Å²) in [4.78, 5) is 29.0. The van der Waals surface area contributed by atoms with Crippen molar-refractivity contribution in [2.24, 2.45) is 0 Å². The molecule has 0 aliphatic carbocycles. The van der Waals surface area contributed by atoms with Gasteiger partial charge in [-0.2, -0.15) is 0 Å². The van der Waals surface area contributed by atoms with E-state index in [1.165, 1.54) is 0 Å². The van der Waals surface area contributed by atoms with Crippen LogP contribution in [0.15, 0.2) is 158 Å². The molecule has 8 rings (SSSR count). The Labute approximate surface area is 266 Å². The zero-order valence-corrected chi connectivity index (χ0v) is 24.7. The second-order valence-electron chi connectivity index (χ2n) is 10.8. The Kier molecular flexibility index (Phi) is 7.05. The fourth-order valence-corrected chi connectivity index (χ4v) is 5.47. The Hall–Kier alpha value is -6.40. The summed E-state index contributed by atoms with van der Waals surface area (Å²) in [6, 6.07) is 48.6. The Morgan fingerprint density at radius 3 is 1.13 bits per heavy atom. The first-order chi connectivity index (χ1) is 22.8. The van der Waals surface area contributed by atoms with E-state index in [2.05, 4.69) is 47.4 Å². The molecule has 0 fully saturated rings. The van der Waals surface area contributed by atoms with Crippen LogP contribution in [-0.2, 0) is 0 Å². The standard InChI is InChI=1S/C40H26N6/c1-3-10-30(11-4-1)38-44-39(31-12-5-2-6-13-31)46-40(45-38)32-23-21-29(22-24-32)37-36(42-34-15-7-8-16-35(34)43-37)28-19-17-27(18-20-28)33-14-9-25-41-26-33/h1-26H. The van der Waals surface area contributed by atoms with Gasteiger partial charge in [-0.05, 0) is 29.3 Å². The van der Waals surface area contributed by atoms with E-state index in [0.717, 1.165) is 61.4 Å². The Bertz CT molecular complexity index is 2210. The van der Waals surface area contributed by atoms with Crippen LogP contribution in [0.4, 0.5) is 0 Å². The minimum Gasteiger partial charge on any atom is -0.264 e. The molecular formula is C40H26N6. The monoisotopic (exact) mass is 590 g/mol. The van der Waals surface area contributed by atoms with E-state index in [1.807, 2.05) is 109 Å². The molecule has 0 amide bonds. The molecule has 6 heteroatoms. The summed E-state index contributed by atoms with van der Waals surface area (Å²) in [6.07, 6.45) is 3.65. The molecule has 0 saturated heterocycles. The molecule has 0 aliphatic heterocycles. The summed E-state index contributed by atoms with van der Waals surface area (Å²) in [7, 11) is 0. The van der Waals surface area contributed by atoms with Crippen molar-refractivity contribution in [1.82, 2.24) is 29.9 Å². The van der Waals surface area contributed by atoms with Gasteiger partial charge < -0.3 is 0 Å². The molecule has 0 atom stereocenters. The SMILES string of the molecule is c1ccc(-c2nc(-c3ccccc3)nc(-c3ccc(-c4nc5ccccc5nc4-c4ccc(-c5cccnc5)cc4)cc3)n2)cc1. The molecule has 3 aromatic heterocycles. The molecule has 0 unspecified atom stereocenters. The Morgan fingerprint density at radius 1 is 0.283 bits per heavy atom. The van der Waals surface area contributed by atoms with E-state index in [9.17, 15) is 0 Å². The van der Waals surface area contributed by atoms with E-state index < -0.39 is 0 Å². The number of hydrogen-bond donors (Lipinski definition) is 0. The first-order valence-electron chi connectivity index (χ1n) is 15.0. The second kappa shape index (κ2) is 11.9. The zero-order chi connectivity index (χ0) is 30.7. The number of benzene rings is 5. The van der Waals surface area contributed by atoms with Crippen LogP contribution in [0.3, 0.4) is 0 Å². The maximum Gasteiger partial charge on any atom is 0.164 e. The summed E-state index contributed by atoms with van der Waals surface area (Å²) < 4.78 is 0. The van der Waals surface area contributed by atoms with E-state index in [-0.39, 0.29) is 0 Å². The van der Waals surface area contributed by atoms with Gasteiger partial charge in [0.1, 0.15) is 0 Å². The number of aromatic nitrogens is 6. The number of para-hydroxylation sites is 2. The van der Waals surface area contributed by atoms with Gasteiger partial charge >= 0.3 is 0 Å². The minimum atomic E-state index is 0.607. The average Bonchev–Trinajstić information content (AvgIpc) is 3.15. The summed E-state index contributed by atoms with van der Waals surface area (Å²) >= 11 is 0. The number of pyridine rings is 1. The largest absolute Gasteiger partial charge is 0.264 e. The smallest absolute Gasteiger partial charge is 0.164 e. The summed E-state index contributed by atoms with van der Waals surface area (Å²) in [5.41, 5.74) is 10.2. The Morgan fingerprint density at radius 2 is 0.674 bits per heavy atom. The highest BCUT2D eigenvalue weighted by Crippen LogP contribution is 2.34. The van der Waals surface area contributed by atoms with Crippen molar-refractivity contribution >= 4 is 11.0 Å². The molecule has 216 valence electrons. The number of hydrogen-bond acceptors (Lipinski definition) is 6. The molecule has 0 saturated carbocycles. The quantitative estimate of drug-likeness (QED) is 0.192. The van der Waals surface area contributed by atoms with Crippen LogP contribution in [0.2, 0.25) is 0 Å². The van der Waals surface area contributed by atoms with Crippen molar-refractivity contribution < 1.29 is 0 Å². The molecule has 46 heavy (non-hydrogen) atoms. The van der Waals surface area contributed by atoms with Gasteiger partial charge in [0.15, 0.2) is 17.5 Å². The van der Waals surface area contributed by atoms with Crippen LogP contribution in [0.25, 0.3) is 78.8 Å². The average molecular weight is 591 g/mol. The van der Waals surface area contributed by atoms with E-state index in [1.54, 1.807) is 6.20 Å². The van der Waals surface area contributed by atoms with Crippen molar-refractivity contribution in [3.05, 3.63) is 158 Å². The van der Waals surface area contributed by atoms with Crippen LogP contribution in [-0.4, -0.2) is 29.9 Å². The fourth-order valence-electron chi connectivity index (χ4n) is 5.47. The minimum absolute atomic E-state index is 0.607. The third kappa shape index (κ3) is 5.40. The van der Waals surface area contributed by atoms with Gasteiger partial charge in [0, 0.05) is 40.2 Å². The van der Waals surface area contributed by atoms with Gasteiger partial charge in [-0.15, -0.1) is 0 Å². The van der Waals surface area contributed by atoms with Crippen LogP contribution < -0.4 is 0 Å². The van der Waals surface area contributed by atoms with Gasteiger partial charge in [0.25, 0.3) is 0 Å². The van der Waals surface area contributed by atoms with Crippen molar-refractivity contribution in [2.45, 2.75) is 0 Å². The predicted octanol–water partition coefficient (Wildman–Crippen LogP) is 9.21. The molecule has 0 radical (unpaired) electrons. The van der Waals surface area contributed by atoms with Crippen LogP contribution >= 0.6 is 0 Å². The van der Waals surface area contributed by atoms with Crippen molar-refractivity contribution in [3.8, 4) is 67.8 Å². The third-order valence-electron chi connectivity index (χ3n) is 7.84. The molecule has 0 bridgehead atoms. The number of rotatable bonds is 6. The lowest BCUT2D eigenvalue weighted by molar-refractivity contribution is 1.07. The molecule has 0 aliphatic rings. The van der Waals surface area contributed by atoms with Crippen molar-refractivity contribution in [1.29, 1.82) is 0 Å². The van der Waals surface area contributed by atoms with Crippen molar-refractivity contribution in [3.63, 3.8) is 0 Å². The van der Waals surface area contributed by atoms with Crippen LogP contribution in [0, 0.1) is 0 Å². The lowest BCUT2D eigenvalue weighted by Crippen LogP contribution is -2.00. The van der Waals surface area contributed by atoms with Gasteiger partial charge in [-0.25, -0.2) is 24.9 Å². The van der Waals surface area contributed by atoms with Crippen LogP contribution in [0.1, 0.15) is 0 Å². The maximum absolute atomic E-state index is 5.10. The molecule has 0 spiro atoms. The highest BCUT2D eigenvalue weighted by atomic mass is 15.0. The zero-order valence-electron chi connectivity index (χ0n) is 24.7. The van der Waals surface area contributed by atoms with Crippen LogP contribution in [0.5, 0.6) is 0 Å². The topological polar surface area (TPSA) is 77.3 Å². The first kappa shape index (κ1) is 27.2. The highest BCUT2D eigenvalue weighted by Gasteiger charge is 2.16. The normalized spacial score (nSPS) is 11.0. The second-order valence-corrected chi connectivity index (χ2v) is 10.8. The van der Waals surface area contributed by atoms with E-state index in [0.29, 0.717) is 17.5 Å². The van der Waals surface area contributed by atoms with Gasteiger partial charge in [-0.3, -0.25) is 4.98 Å². The fraction of sp³-hybridized carbons (Fsp3) is 0. The first-order valence-corrected chi connectivity index (χ1v) is 15.0. The van der Waals surface area contributed by atoms with E-state index >= 15 is 0 Å². The molecule has 6 nitrogen and oxygen atoms in total. The van der Waals surface area contributed by atoms with Gasteiger partial charge in [-0.1, -0.05) is 127 Å². The Balaban J connectivity index is 1.21.